The van der Waals surface area contributed by atoms with Gasteiger partial charge in [0.1, 0.15) is 36.1 Å². The van der Waals surface area contributed by atoms with Gasteiger partial charge < -0.3 is 19.5 Å². The van der Waals surface area contributed by atoms with Crippen molar-refractivity contribution in [3.8, 4) is 11.5 Å². The largest absolute Gasteiger partial charge is 0.491 e. The first kappa shape index (κ1) is 20.2. The lowest BCUT2D eigenvalue weighted by Crippen LogP contribution is -2.43. The van der Waals surface area contributed by atoms with Crippen molar-refractivity contribution in [3.05, 3.63) is 58.3 Å². The molecule has 7 heteroatoms. The van der Waals surface area contributed by atoms with Gasteiger partial charge in [-0.05, 0) is 37.1 Å². The van der Waals surface area contributed by atoms with Crippen molar-refractivity contribution in [3.63, 3.8) is 0 Å². The van der Waals surface area contributed by atoms with E-state index >= 15 is 0 Å². The monoisotopic (exact) mass is 413 g/mol. The summed E-state index contributed by atoms with van der Waals surface area (Å²) in [7, 11) is 0. The molecule has 1 heterocycles. The van der Waals surface area contributed by atoms with Crippen molar-refractivity contribution in [2.24, 2.45) is 0 Å². The first-order valence-electron chi connectivity index (χ1n) is 8.90. The Morgan fingerprint density at radius 1 is 1.07 bits per heavy atom. The Hall–Kier alpha value is -1.53. The third-order valence-electron chi connectivity index (χ3n) is 4.44. The molecule has 2 aromatic carbocycles. The third kappa shape index (κ3) is 6.25. The molecule has 0 spiro atoms. The molecule has 0 bridgehead atoms. The van der Waals surface area contributed by atoms with Gasteiger partial charge >= 0.3 is 0 Å². The van der Waals surface area contributed by atoms with Gasteiger partial charge in [-0.2, -0.15) is 0 Å². The summed E-state index contributed by atoms with van der Waals surface area (Å²) in [5.41, 5.74) is 0. The highest BCUT2D eigenvalue weighted by atomic mass is 35.5. The van der Waals surface area contributed by atoms with Gasteiger partial charge in [0.05, 0.1) is 10.0 Å². The van der Waals surface area contributed by atoms with Crippen LogP contribution in [0.1, 0.15) is 12.8 Å². The van der Waals surface area contributed by atoms with Crippen molar-refractivity contribution in [1.29, 1.82) is 0 Å². The molecule has 1 atom stereocenters. The predicted molar refractivity (Wildman–Crippen MR) is 104 cm³/mol. The van der Waals surface area contributed by atoms with E-state index in [1.807, 2.05) is 6.07 Å². The van der Waals surface area contributed by atoms with E-state index in [-0.39, 0.29) is 18.5 Å². The van der Waals surface area contributed by atoms with Crippen LogP contribution in [0.3, 0.4) is 0 Å². The van der Waals surface area contributed by atoms with Crippen molar-refractivity contribution < 1.29 is 19.0 Å². The summed E-state index contributed by atoms with van der Waals surface area (Å²) >= 11 is 11.9. The first-order chi connectivity index (χ1) is 13.0. The van der Waals surface area contributed by atoms with Crippen molar-refractivity contribution in [1.82, 2.24) is 4.90 Å². The summed E-state index contributed by atoms with van der Waals surface area (Å²) in [5.74, 6) is 0.778. The minimum Gasteiger partial charge on any atom is -0.491 e. The summed E-state index contributed by atoms with van der Waals surface area (Å²) in [5, 5.41) is 11.2. The van der Waals surface area contributed by atoms with E-state index in [4.69, 9.17) is 32.7 Å². The zero-order chi connectivity index (χ0) is 19.2. The number of halogens is 3. The average Bonchev–Trinajstić information content (AvgIpc) is 2.65. The molecule has 0 amide bonds. The second-order valence-electron chi connectivity index (χ2n) is 6.62. The van der Waals surface area contributed by atoms with Crippen LogP contribution in [0.4, 0.5) is 4.39 Å². The molecule has 0 radical (unpaired) electrons. The van der Waals surface area contributed by atoms with Crippen LogP contribution in [0, 0.1) is 5.82 Å². The molecule has 4 nitrogen and oxygen atoms in total. The molecule has 1 aliphatic heterocycles. The minimum absolute atomic E-state index is 0.110. The molecule has 0 unspecified atom stereocenters. The van der Waals surface area contributed by atoms with Gasteiger partial charge in [-0.1, -0.05) is 29.3 Å². The molecular weight excluding hydrogens is 392 g/mol. The molecular formula is C20H22Cl2FNO3. The fourth-order valence-electron chi connectivity index (χ4n) is 3.05. The molecule has 146 valence electrons. The van der Waals surface area contributed by atoms with Crippen LogP contribution in [-0.2, 0) is 0 Å². The molecule has 3 rings (SSSR count). The maximum absolute atomic E-state index is 13.1. The first-order valence-corrected chi connectivity index (χ1v) is 9.65. The van der Waals surface area contributed by atoms with Crippen molar-refractivity contribution in [2.45, 2.75) is 25.0 Å². The summed E-state index contributed by atoms with van der Waals surface area (Å²) in [4.78, 5) is 2.17. The van der Waals surface area contributed by atoms with Gasteiger partial charge in [0, 0.05) is 31.8 Å². The van der Waals surface area contributed by atoms with Gasteiger partial charge in [0.2, 0.25) is 0 Å². The topological polar surface area (TPSA) is 41.9 Å². The van der Waals surface area contributed by atoms with Gasteiger partial charge in [0.25, 0.3) is 0 Å². The fraction of sp³-hybridized carbons (Fsp3) is 0.400. The van der Waals surface area contributed by atoms with Crippen LogP contribution < -0.4 is 9.47 Å². The second-order valence-corrected chi connectivity index (χ2v) is 7.43. The molecule has 1 aliphatic rings. The molecule has 0 saturated carbocycles. The molecule has 0 aromatic heterocycles. The van der Waals surface area contributed by atoms with E-state index in [1.54, 1.807) is 24.3 Å². The number of aliphatic hydroxyl groups is 1. The zero-order valence-electron chi connectivity index (χ0n) is 14.8. The van der Waals surface area contributed by atoms with Gasteiger partial charge in [-0.15, -0.1) is 0 Å². The predicted octanol–water partition coefficient (Wildman–Crippen LogP) is 4.42. The number of hydrogen-bond acceptors (Lipinski definition) is 4. The third-order valence-corrected chi connectivity index (χ3v) is 5.17. The highest BCUT2D eigenvalue weighted by Gasteiger charge is 2.22. The average molecular weight is 414 g/mol. The standard InChI is InChI=1S/C20H22Cl2FNO3/c21-19-5-4-18(11-20(19)22)27-16-6-8-24(9-7-16)12-15(25)13-26-17-3-1-2-14(23)10-17/h1-5,10-11,15-16,25H,6-9,12-13H2/t15-/m0/s1. The molecule has 1 fully saturated rings. The highest BCUT2D eigenvalue weighted by Crippen LogP contribution is 2.28. The Morgan fingerprint density at radius 2 is 1.85 bits per heavy atom. The smallest absolute Gasteiger partial charge is 0.126 e. The normalized spacial score (nSPS) is 16.9. The minimum atomic E-state index is -0.638. The Kier molecular flexibility index (Phi) is 7.19. The summed E-state index contributed by atoms with van der Waals surface area (Å²) in [6.45, 7) is 2.28. The van der Waals surface area contributed by atoms with E-state index in [0.717, 1.165) is 25.9 Å². The number of nitrogens with zero attached hydrogens (tertiary/aromatic N) is 1. The molecule has 27 heavy (non-hydrogen) atoms. The number of piperidine rings is 1. The van der Waals surface area contributed by atoms with E-state index in [2.05, 4.69) is 4.90 Å². The number of ether oxygens (including phenoxy) is 2. The van der Waals surface area contributed by atoms with Crippen LogP contribution in [0.2, 0.25) is 10.0 Å². The van der Waals surface area contributed by atoms with E-state index in [9.17, 15) is 9.50 Å². The van der Waals surface area contributed by atoms with E-state index in [1.165, 1.54) is 12.1 Å². The molecule has 2 aromatic rings. The summed E-state index contributed by atoms with van der Waals surface area (Å²) in [6, 6.07) is 11.2. The van der Waals surface area contributed by atoms with Gasteiger partial charge in [-0.25, -0.2) is 4.39 Å². The van der Waals surface area contributed by atoms with Crippen LogP contribution in [0.25, 0.3) is 0 Å². The number of rotatable bonds is 7. The Morgan fingerprint density at radius 3 is 2.56 bits per heavy atom. The lowest BCUT2D eigenvalue weighted by molar-refractivity contribution is 0.0401. The van der Waals surface area contributed by atoms with Crippen molar-refractivity contribution >= 4 is 23.2 Å². The quantitative estimate of drug-likeness (QED) is 0.729. The van der Waals surface area contributed by atoms with Crippen LogP contribution in [0.15, 0.2) is 42.5 Å². The van der Waals surface area contributed by atoms with Crippen LogP contribution in [-0.4, -0.2) is 48.5 Å². The second kappa shape index (κ2) is 9.60. The lowest BCUT2D eigenvalue weighted by atomic mass is 10.1. The molecule has 0 aliphatic carbocycles. The number of aliphatic hydroxyl groups excluding tert-OH is 1. The maximum atomic E-state index is 13.1. The molecule has 1 saturated heterocycles. The van der Waals surface area contributed by atoms with Crippen LogP contribution >= 0.6 is 23.2 Å². The van der Waals surface area contributed by atoms with Gasteiger partial charge in [0.15, 0.2) is 0 Å². The Labute approximate surface area is 168 Å². The highest BCUT2D eigenvalue weighted by molar-refractivity contribution is 6.42. The number of β-amino-alcohol motifs (C(OH)–C–C–N with tert-alkyl or cyclic N) is 1. The van der Waals surface area contributed by atoms with E-state index < -0.39 is 6.10 Å². The lowest BCUT2D eigenvalue weighted by Gasteiger charge is -2.33. The number of likely N-dealkylation sites (tertiary alicyclic amines) is 1. The number of benzene rings is 2. The zero-order valence-corrected chi connectivity index (χ0v) is 16.3. The van der Waals surface area contributed by atoms with E-state index in [0.29, 0.717) is 28.1 Å². The van der Waals surface area contributed by atoms with Crippen molar-refractivity contribution in [2.75, 3.05) is 26.2 Å². The fourth-order valence-corrected chi connectivity index (χ4v) is 3.34. The summed E-state index contributed by atoms with van der Waals surface area (Å²) in [6.07, 6.45) is 1.19. The number of hydrogen-bond donors (Lipinski definition) is 1. The maximum Gasteiger partial charge on any atom is 0.126 e. The Bertz CT molecular complexity index is 754. The Balaban J connectivity index is 1.39. The van der Waals surface area contributed by atoms with Crippen LogP contribution in [0.5, 0.6) is 11.5 Å². The van der Waals surface area contributed by atoms with Gasteiger partial charge in [-0.3, -0.25) is 0 Å². The molecule has 1 N–H and O–H groups in total. The SMILES string of the molecule is O[C@H](COc1cccc(F)c1)CN1CCC(Oc2ccc(Cl)c(Cl)c2)CC1. The summed E-state index contributed by atoms with van der Waals surface area (Å²) < 4.78 is 24.5.